The Balaban J connectivity index is 2.14. The van der Waals surface area contributed by atoms with Crippen molar-refractivity contribution in [2.75, 3.05) is 19.6 Å². The second-order valence-electron chi connectivity index (χ2n) is 6.47. The quantitative estimate of drug-likeness (QED) is 0.682. The van der Waals surface area contributed by atoms with Crippen LogP contribution in [-0.4, -0.2) is 58.8 Å². The van der Waals surface area contributed by atoms with Crippen molar-refractivity contribution < 1.29 is 19.8 Å². The molecule has 3 N–H and O–H groups in total. The second kappa shape index (κ2) is 5.69. The summed E-state index contributed by atoms with van der Waals surface area (Å²) in [6.07, 6.45) is 1.40. The number of carboxylic acid groups (broad SMARTS) is 1. The molecule has 0 aromatic heterocycles. The Morgan fingerprint density at radius 2 is 2.05 bits per heavy atom. The molecule has 6 heteroatoms. The molecule has 0 spiro atoms. The lowest BCUT2D eigenvalue weighted by Crippen LogP contribution is -2.51. The molecular weight excluding hydrogens is 260 g/mol. The Morgan fingerprint density at radius 3 is 2.60 bits per heavy atom. The number of aliphatic hydroxyl groups excluding tert-OH is 1. The molecule has 2 rings (SSSR count). The van der Waals surface area contributed by atoms with Crippen molar-refractivity contribution in [3.63, 3.8) is 0 Å². The number of carboxylic acids is 1. The van der Waals surface area contributed by atoms with E-state index >= 15 is 0 Å². The van der Waals surface area contributed by atoms with Crippen LogP contribution in [0.1, 0.15) is 33.1 Å². The number of carbonyl (C=O) groups is 2. The number of aliphatic carboxylic acids is 1. The number of aliphatic hydroxyl groups is 1. The first kappa shape index (κ1) is 15.3. The van der Waals surface area contributed by atoms with Crippen molar-refractivity contribution in [1.29, 1.82) is 0 Å². The lowest BCUT2D eigenvalue weighted by molar-refractivity contribution is -0.154. The van der Waals surface area contributed by atoms with Gasteiger partial charge in [-0.3, -0.25) is 4.79 Å². The molecule has 0 bridgehead atoms. The molecule has 114 valence electrons. The van der Waals surface area contributed by atoms with E-state index in [1.165, 1.54) is 4.90 Å². The molecule has 2 aliphatic rings. The summed E-state index contributed by atoms with van der Waals surface area (Å²) in [4.78, 5) is 25.3. The standard InChI is InChI=1S/C14H24N2O4/c1-14(2,9-4-3-5-15-7-9)13(20)16-8-10(17)6-11(16)12(18)19/h9-11,15,17H,3-8H2,1-2H3,(H,18,19)/t9?,10-,11-/m0/s1. The molecule has 3 atom stereocenters. The largest absolute Gasteiger partial charge is 0.480 e. The molecule has 20 heavy (non-hydrogen) atoms. The number of carbonyl (C=O) groups excluding carboxylic acids is 1. The molecule has 1 amide bonds. The zero-order chi connectivity index (χ0) is 14.9. The highest BCUT2D eigenvalue weighted by atomic mass is 16.4. The first-order valence-corrected chi connectivity index (χ1v) is 7.26. The number of hydrogen-bond acceptors (Lipinski definition) is 4. The Bertz CT molecular complexity index is 391. The van der Waals surface area contributed by atoms with Gasteiger partial charge in [-0.15, -0.1) is 0 Å². The van der Waals surface area contributed by atoms with Gasteiger partial charge < -0.3 is 20.4 Å². The van der Waals surface area contributed by atoms with E-state index in [0.29, 0.717) is 0 Å². The van der Waals surface area contributed by atoms with Crippen LogP contribution in [0.25, 0.3) is 0 Å². The lowest BCUT2D eigenvalue weighted by Gasteiger charge is -2.39. The van der Waals surface area contributed by atoms with Crippen LogP contribution in [0.3, 0.4) is 0 Å². The van der Waals surface area contributed by atoms with Gasteiger partial charge in [0.2, 0.25) is 5.91 Å². The first-order chi connectivity index (χ1) is 9.34. The highest BCUT2D eigenvalue weighted by Crippen LogP contribution is 2.35. The summed E-state index contributed by atoms with van der Waals surface area (Å²) >= 11 is 0. The summed E-state index contributed by atoms with van der Waals surface area (Å²) in [5, 5.41) is 22.2. The summed E-state index contributed by atoms with van der Waals surface area (Å²) in [6.45, 7) is 5.65. The fourth-order valence-corrected chi connectivity index (χ4v) is 3.28. The Kier molecular flexibility index (Phi) is 4.34. The van der Waals surface area contributed by atoms with Crippen LogP contribution < -0.4 is 5.32 Å². The Morgan fingerprint density at radius 1 is 1.35 bits per heavy atom. The number of likely N-dealkylation sites (tertiary alicyclic amines) is 1. The molecule has 1 unspecified atom stereocenters. The van der Waals surface area contributed by atoms with Gasteiger partial charge in [-0.05, 0) is 31.8 Å². The number of amides is 1. The topological polar surface area (TPSA) is 89.9 Å². The summed E-state index contributed by atoms with van der Waals surface area (Å²) in [6, 6.07) is -0.895. The average molecular weight is 284 g/mol. The number of rotatable bonds is 3. The van der Waals surface area contributed by atoms with E-state index in [2.05, 4.69) is 5.32 Å². The molecule has 2 fully saturated rings. The average Bonchev–Trinajstić information content (AvgIpc) is 2.81. The molecule has 2 aliphatic heterocycles. The zero-order valence-corrected chi connectivity index (χ0v) is 12.1. The second-order valence-corrected chi connectivity index (χ2v) is 6.47. The molecule has 6 nitrogen and oxygen atoms in total. The van der Waals surface area contributed by atoms with E-state index in [1.54, 1.807) is 0 Å². The van der Waals surface area contributed by atoms with Crippen molar-refractivity contribution in [2.45, 2.75) is 45.3 Å². The molecule has 2 saturated heterocycles. The third kappa shape index (κ3) is 2.81. The molecular formula is C14H24N2O4. The molecule has 0 saturated carbocycles. The van der Waals surface area contributed by atoms with E-state index in [4.69, 9.17) is 0 Å². The van der Waals surface area contributed by atoms with Gasteiger partial charge in [-0.25, -0.2) is 4.79 Å². The fraction of sp³-hybridized carbons (Fsp3) is 0.857. The van der Waals surface area contributed by atoms with Gasteiger partial charge >= 0.3 is 5.97 Å². The zero-order valence-electron chi connectivity index (χ0n) is 12.1. The summed E-state index contributed by atoms with van der Waals surface area (Å²) < 4.78 is 0. The predicted octanol–water partition coefficient (Wildman–Crippen LogP) is 0.0586. The molecule has 0 radical (unpaired) electrons. The highest BCUT2D eigenvalue weighted by Gasteiger charge is 2.46. The number of β-amino-alcohol motifs (C(OH)–C–C–N with tert-alkyl or cyclic N) is 1. The van der Waals surface area contributed by atoms with Gasteiger partial charge in [-0.1, -0.05) is 13.8 Å². The fourth-order valence-electron chi connectivity index (χ4n) is 3.28. The highest BCUT2D eigenvalue weighted by molar-refractivity contribution is 5.88. The van der Waals surface area contributed by atoms with Crippen molar-refractivity contribution in [3.05, 3.63) is 0 Å². The van der Waals surface area contributed by atoms with Gasteiger partial charge in [0.05, 0.1) is 6.10 Å². The van der Waals surface area contributed by atoms with Crippen molar-refractivity contribution in [3.8, 4) is 0 Å². The van der Waals surface area contributed by atoms with Crippen LogP contribution >= 0.6 is 0 Å². The van der Waals surface area contributed by atoms with Gasteiger partial charge in [0.25, 0.3) is 0 Å². The summed E-state index contributed by atoms with van der Waals surface area (Å²) in [5.41, 5.74) is -0.606. The van der Waals surface area contributed by atoms with E-state index in [1.807, 2.05) is 13.8 Å². The third-order valence-electron chi connectivity index (χ3n) is 4.69. The minimum Gasteiger partial charge on any atom is -0.480 e. The van der Waals surface area contributed by atoms with Crippen LogP contribution in [0.2, 0.25) is 0 Å². The molecule has 0 aromatic rings. The van der Waals surface area contributed by atoms with E-state index < -0.39 is 23.5 Å². The summed E-state index contributed by atoms with van der Waals surface area (Å²) in [5.74, 6) is -0.987. The van der Waals surface area contributed by atoms with Crippen molar-refractivity contribution in [1.82, 2.24) is 10.2 Å². The number of hydrogen-bond donors (Lipinski definition) is 3. The number of nitrogens with one attached hydrogen (secondary N) is 1. The van der Waals surface area contributed by atoms with Gasteiger partial charge in [0, 0.05) is 18.4 Å². The Hall–Kier alpha value is -1.14. The molecule has 2 heterocycles. The lowest BCUT2D eigenvalue weighted by atomic mass is 9.74. The number of piperidine rings is 1. The first-order valence-electron chi connectivity index (χ1n) is 7.26. The van der Waals surface area contributed by atoms with Crippen LogP contribution in [0.15, 0.2) is 0 Å². The van der Waals surface area contributed by atoms with Crippen LogP contribution in [0.5, 0.6) is 0 Å². The van der Waals surface area contributed by atoms with Crippen molar-refractivity contribution in [2.24, 2.45) is 11.3 Å². The third-order valence-corrected chi connectivity index (χ3v) is 4.69. The van der Waals surface area contributed by atoms with E-state index in [9.17, 15) is 19.8 Å². The SMILES string of the molecule is CC(C)(C(=O)N1C[C@@H](O)C[C@H]1C(=O)O)C1CCCNC1. The van der Waals surface area contributed by atoms with Gasteiger partial charge in [0.15, 0.2) is 0 Å². The van der Waals surface area contributed by atoms with Gasteiger partial charge in [-0.2, -0.15) is 0 Å². The van der Waals surface area contributed by atoms with Gasteiger partial charge in [0.1, 0.15) is 6.04 Å². The monoisotopic (exact) mass is 284 g/mol. The minimum absolute atomic E-state index is 0.124. The normalized spacial score (nSPS) is 31.4. The number of nitrogens with zero attached hydrogens (tertiary/aromatic N) is 1. The Labute approximate surface area is 119 Å². The molecule has 0 aromatic carbocycles. The maximum Gasteiger partial charge on any atom is 0.326 e. The summed E-state index contributed by atoms with van der Waals surface area (Å²) in [7, 11) is 0. The van der Waals surface area contributed by atoms with Crippen LogP contribution in [0.4, 0.5) is 0 Å². The smallest absolute Gasteiger partial charge is 0.326 e. The minimum atomic E-state index is -1.03. The van der Waals surface area contributed by atoms with Crippen molar-refractivity contribution >= 4 is 11.9 Å². The molecule has 0 aliphatic carbocycles. The van der Waals surface area contributed by atoms with E-state index in [-0.39, 0.29) is 24.8 Å². The maximum atomic E-state index is 12.8. The van der Waals surface area contributed by atoms with E-state index in [0.717, 1.165) is 25.9 Å². The van der Waals surface area contributed by atoms with Crippen LogP contribution in [0, 0.1) is 11.3 Å². The predicted molar refractivity (Wildman–Crippen MR) is 73.1 cm³/mol. The van der Waals surface area contributed by atoms with Crippen LogP contribution in [-0.2, 0) is 9.59 Å². The maximum absolute atomic E-state index is 12.8.